The van der Waals surface area contributed by atoms with Crippen molar-refractivity contribution >= 4 is 11.9 Å². The monoisotopic (exact) mass is 270 g/mol. The molecular weight excluding hydrogens is 248 g/mol. The fourth-order valence-electron chi connectivity index (χ4n) is 2.57. The van der Waals surface area contributed by atoms with E-state index in [0.717, 1.165) is 38.5 Å². The van der Waals surface area contributed by atoms with Gasteiger partial charge in [-0.15, -0.1) is 0 Å². The van der Waals surface area contributed by atoms with E-state index in [1.54, 1.807) is 0 Å². The minimum atomic E-state index is -0.676. The van der Waals surface area contributed by atoms with E-state index in [9.17, 15) is 9.59 Å². The molecule has 0 amide bonds. The molecule has 0 aromatic heterocycles. The summed E-state index contributed by atoms with van der Waals surface area (Å²) in [7, 11) is 0. The summed E-state index contributed by atoms with van der Waals surface area (Å²) >= 11 is 0. The minimum absolute atomic E-state index is 0.454. The van der Waals surface area contributed by atoms with Gasteiger partial charge in [0.25, 0.3) is 0 Å². The van der Waals surface area contributed by atoms with Gasteiger partial charge >= 0.3 is 11.9 Å². The number of carboxylic acid groups (broad SMARTS) is 2. The van der Waals surface area contributed by atoms with Crippen LogP contribution in [0.4, 0.5) is 0 Å². The van der Waals surface area contributed by atoms with Crippen molar-refractivity contribution in [3.05, 3.63) is 0 Å². The molecular formula is C14H22O5. The molecule has 0 saturated heterocycles. The molecule has 0 aromatic carbocycles. The van der Waals surface area contributed by atoms with Crippen LogP contribution in [0.3, 0.4) is 0 Å². The number of carboxylic acids is 2. The van der Waals surface area contributed by atoms with Gasteiger partial charge < -0.3 is 14.9 Å². The predicted octanol–water partition coefficient (Wildman–Crippen LogP) is 2.29. The quantitative estimate of drug-likeness (QED) is 0.595. The van der Waals surface area contributed by atoms with Crippen LogP contribution in [0, 0.1) is 10.8 Å². The average molecular weight is 270 g/mol. The molecule has 2 N–H and O–H groups in total. The van der Waals surface area contributed by atoms with Gasteiger partial charge in [-0.2, -0.15) is 0 Å². The van der Waals surface area contributed by atoms with Gasteiger partial charge in [0.2, 0.25) is 0 Å². The van der Waals surface area contributed by atoms with Gasteiger partial charge in [-0.3, -0.25) is 9.59 Å². The van der Waals surface area contributed by atoms with E-state index in [4.69, 9.17) is 14.9 Å². The Kier molecular flexibility index (Phi) is 4.13. The summed E-state index contributed by atoms with van der Waals surface area (Å²) in [5.41, 5.74) is -0.907. The van der Waals surface area contributed by atoms with E-state index in [1.807, 2.05) is 0 Å². The van der Waals surface area contributed by atoms with Crippen molar-refractivity contribution in [2.24, 2.45) is 10.8 Å². The predicted molar refractivity (Wildman–Crippen MR) is 67.9 cm³/mol. The number of rotatable bonds is 10. The summed E-state index contributed by atoms with van der Waals surface area (Å²) in [5, 5.41) is 18.0. The third kappa shape index (κ3) is 3.47. The molecule has 0 radical (unpaired) electrons. The standard InChI is InChI=1S/C14H22O5/c15-11(16)13(5-6-13)3-1-9-19-10-2-4-14(7-8-14)12(17)18/h1-10H2,(H,15,16)(H,17,18). The second-order valence-corrected chi connectivity index (χ2v) is 5.99. The highest BCUT2D eigenvalue weighted by atomic mass is 16.5. The Balaban J connectivity index is 1.47. The Hall–Kier alpha value is -1.10. The van der Waals surface area contributed by atoms with Gasteiger partial charge in [-0.1, -0.05) is 0 Å². The fourth-order valence-corrected chi connectivity index (χ4v) is 2.57. The number of hydrogen-bond acceptors (Lipinski definition) is 3. The van der Waals surface area contributed by atoms with Crippen LogP contribution in [-0.4, -0.2) is 35.4 Å². The second-order valence-electron chi connectivity index (χ2n) is 5.99. The van der Waals surface area contributed by atoms with Crippen molar-refractivity contribution in [1.29, 1.82) is 0 Å². The maximum Gasteiger partial charge on any atom is 0.309 e. The lowest BCUT2D eigenvalue weighted by Gasteiger charge is -2.11. The number of carbonyl (C=O) groups is 2. The van der Waals surface area contributed by atoms with Gasteiger partial charge in [0, 0.05) is 13.2 Å². The Bertz CT molecular complexity index is 321. The van der Waals surface area contributed by atoms with Crippen LogP contribution >= 0.6 is 0 Å². The first kappa shape index (κ1) is 14.3. The molecule has 0 unspecified atom stereocenters. The molecule has 0 bridgehead atoms. The zero-order valence-corrected chi connectivity index (χ0v) is 11.2. The molecule has 0 aliphatic heterocycles. The van der Waals surface area contributed by atoms with Crippen molar-refractivity contribution in [2.75, 3.05) is 13.2 Å². The molecule has 2 saturated carbocycles. The van der Waals surface area contributed by atoms with Crippen LogP contribution in [0.15, 0.2) is 0 Å². The van der Waals surface area contributed by atoms with Crippen molar-refractivity contribution in [3.63, 3.8) is 0 Å². The molecule has 0 heterocycles. The number of ether oxygens (including phenoxy) is 1. The zero-order valence-electron chi connectivity index (χ0n) is 11.2. The lowest BCUT2D eigenvalue weighted by molar-refractivity contribution is -0.144. The molecule has 0 aromatic rings. The van der Waals surface area contributed by atoms with Gasteiger partial charge in [0.05, 0.1) is 10.8 Å². The Morgan fingerprint density at radius 1 is 0.842 bits per heavy atom. The summed E-state index contributed by atoms with van der Waals surface area (Å²) in [6.07, 6.45) is 6.12. The van der Waals surface area contributed by atoms with Crippen molar-refractivity contribution < 1.29 is 24.5 Å². The maximum atomic E-state index is 10.9. The zero-order chi connectivity index (χ0) is 13.9. The van der Waals surface area contributed by atoms with E-state index >= 15 is 0 Å². The van der Waals surface area contributed by atoms with Gasteiger partial charge in [0.1, 0.15) is 0 Å². The van der Waals surface area contributed by atoms with Crippen molar-refractivity contribution in [1.82, 2.24) is 0 Å². The first-order chi connectivity index (χ1) is 9.01. The third-order valence-electron chi connectivity index (χ3n) is 4.50. The lowest BCUT2D eigenvalue weighted by atomic mass is 10.0. The molecule has 5 nitrogen and oxygen atoms in total. The number of aliphatic carboxylic acids is 2. The van der Waals surface area contributed by atoms with Crippen LogP contribution < -0.4 is 0 Å². The highest BCUT2D eigenvalue weighted by molar-refractivity contribution is 5.78. The summed E-state index contributed by atoms with van der Waals surface area (Å²) in [6.45, 7) is 1.16. The maximum absolute atomic E-state index is 10.9. The highest BCUT2D eigenvalue weighted by Crippen LogP contribution is 2.50. The SMILES string of the molecule is O=C(O)C1(CCCOCCCC2(C(=O)O)CC2)CC1. The summed E-state index contributed by atoms with van der Waals surface area (Å²) in [6, 6.07) is 0. The summed E-state index contributed by atoms with van der Waals surface area (Å²) in [4.78, 5) is 21.9. The molecule has 0 spiro atoms. The normalized spacial score (nSPS) is 21.9. The highest BCUT2D eigenvalue weighted by Gasteiger charge is 2.50. The van der Waals surface area contributed by atoms with Crippen LogP contribution in [0.1, 0.15) is 51.4 Å². The first-order valence-electron chi connectivity index (χ1n) is 7.05. The van der Waals surface area contributed by atoms with E-state index in [1.165, 1.54) is 0 Å². The van der Waals surface area contributed by atoms with Gasteiger partial charge in [-0.05, 0) is 51.4 Å². The van der Waals surface area contributed by atoms with E-state index in [2.05, 4.69) is 0 Å². The van der Waals surface area contributed by atoms with Crippen molar-refractivity contribution in [3.8, 4) is 0 Å². The minimum Gasteiger partial charge on any atom is -0.481 e. The van der Waals surface area contributed by atoms with Crippen LogP contribution in [0.5, 0.6) is 0 Å². The second kappa shape index (κ2) is 5.49. The molecule has 0 atom stereocenters. The average Bonchev–Trinajstić information content (AvgIpc) is 3.23. The molecule has 2 aliphatic carbocycles. The molecule has 2 aliphatic rings. The van der Waals surface area contributed by atoms with Crippen LogP contribution in [-0.2, 0) is 14.3 Å². The number of hydrogen-bond donors (Lipinski definition) is 2. The van der Waals surface area contributed by atoms with Gasteiger partial charge in [-0.25, -0.2) is 0 Å². The largest absolute Gasteiger partial charge is 0.481 e. The molecule has 108 valence electrons. The Morgan fingerprint density at radius 2 is 1.21 bits per heavy atom. The lowest BCUT2D eigenvalue weighted by Crippen LogP contribution is -2.16. The topological polar surface area (TPSA) is 83.8 Å². The first-order valence-corrected chi connectivity index (χ1v) is 7.05. The van der Waals surface area contributed by atoms with E-state index in [0.29, 0.717) is 26.1 Å². The fraction of sp³-hybridized carbons (Fsp3) is 0.857. The van der Waals surface area contributed by atoms with Crippen LogP contribution in [0.25, 0.3) is 0 Å². The molecule has 2 fully saturated rings. The molecule has 19 heavy (non-hydrogen) atoms. The van der Waals surface area contributed by atoms with E-state index < -0.39 is 22.8 Å². The summed E-state index contributed by atoms with van der Waals surface area (Å²) in [5.74, 6) is -1.35. The van der Waals surface area contributed by atoms with Crippen molar-refractivity contribution in [2.45, 2.75) is 51.4 Å². The smallest absolute Gasteiger partial charge is 0.309 e. The third-order valence-corrected chi connectivity index (χ3v) is 4.50. The van der Waals surface area contributed by atoms with Gasteiger partial charge in [0.15, 0.2) is 0 Å². The Morgan fingerprint density at radius 3 is 1.47 bits per heavy atom. The molecule has 2 rings (SSSR count). The summed E-state index contributed by atoms with van der Waals surface area (Å²) < 4.78 is 5.45. The van der Waals surface area contributed by atoms with Crippen LogP contribution in [0.2, 0.25) is 0 Å². The molecule has 5 heteroatoms. The Labute approximate surface area is 112 Å². The van der Waals surface area contributed by atoms with E-state index in [-0.39, 0.29) is 0 Å².